The molecule has 0 saturated heterocycles. The third kappa shape index (κ3) is 6.25. The number of nitrogens with one attached hydrogen (secondary N) is 2. The van der Waals surface area contributed by atoms with E-state index in [0.29, 0.717) is 6.54 Å². The topological polar surface area (TPSA) is 62.5 Å². The summed E-state index contributed by atoms with van der Waals surface area (Å²) in [6.07, 6.45) is 5.29. The summed E-state index contributed by atoms with van der Waals surface area (Å²) in [6.45, 7) is 5.68. The molecule has 0 radical (unpaired) electrons. The van der Waals surface area contributed by atoms with Crippen molar-refractivity contribution < 1.29 is 4.42 Å². The van der Waals surface area contributed by atoms with E-state index in [0.717, 1.165) is 36.1 Å². The van der Waals surface area contributed by atoms with Crippen LogP contribution in [0.3, 0.4) is 0 Å². The van der Waals surface area contributed by atoms with Gasteiger partial charge in [-0.1, -0.05) is 30.3 Å². The lowest BCUT2D eigenvalue weighted by atomic mass is 10.1. The summed E-state index contributed by atoms with van der Waals surface area (Å²) in [6, 6.07) is 14.5. The van der Waals surface area contributed by atoms with Crippen LogP contribution in [0.5, 0.6) is 0 Å². The van der Waals surface area contributed by atoms with Crippen molar-refractivity contribution in [3.8, 4) is 0 Å². The smallest absolute Gasteiger partial charge is 0.191 e. The van der Waals surface area contributed by atoms with Crippen LogP contribution in [-0.2, 0) is 12.8 Å². The second-order valence-corrected chi connectivity index (χ2v) is 7.70. The van der Waals surface area contributed by atoms with Crippen LogP contribution in [-0.4, -0.2) is 24.0 Å². The molecule has 0 aliphatic heterocycles. The number of hydrogen-bond acceptors (Lipinski definition) is 4. The number of benzene rings is 1. The van der Waals surface area contributed by atoms with Crippen molar-refractivity contribution in [2.75, 3.05) is 13.1 Å². The molecule has 5 nitrogen and oxygen atoms in total. The highest BCUT2D eigenvalue weighted by atomic mass is 32.1. The molecule has 1 aromatic carbocycles. The fourth-order valence-corrected chi connectivity index (χ4v) is 3.50. The molecular weight excluding hydrogens is 356 g/mol. The minimum atomic E-state index is 0.170. The second-order valence-electron chi connectivity index (χ2n) is 6.38. The average molecular weight is 383 g/mol. The summed E-state index contributed by atoms with van der Waals surface area (Å²) in [4.78, 5) is 10.4. The van der Waals surface area contributed by atoms with E-state index in [-0.39, 0.29) is 6.04 Å². The van der Waals surface area contributed by atoms with Gasteiger partial charge in [-0.3, -0.25) is 4.99 Å². The zero-order valence-corrected chi connectivity index (χ0v) is 16.6. The average Bonchev–Trinajstić information content (AvgIpc) is 3.34. The fraction of sp³-hybridized carbons (Fsp3) is 0.333. The molecule has 0 bridgehead atoms. The molecule has 0 aliphatic rings. The van der Waals surface area contributed by atoms with Gasteiger partial charge in [-0.05, 0) is 31.5 Å². The largest absolute Gasteiger partial charge is 0.469 e. The molecule has 0 fully saturated rings. The van der Waals surface area contributed by atoms with Crippen LogP contribution in [0.4, 0.5) is 0 Å². The first kappa shape index (κ1) is 19.2. The van der Waals surface area contributed by atoms with Gasteiger partial charge < -0.3 is 15.1 Å². The van der Waals surface area contributed by atoms with Crippen molar-refractivity contribution in [1.29, 1.82) is 0 Å². The Hall–Kier alpha value is -2.60. The Morgan fingerprint density at radius 2 is 2.04 bits per heavy atom. The van der Waals surface area contributed by atoms with Crippen LogP contribution in [0.1, 0.15) is 34.2 Å². The van der Waals surface area contributed by atoms with Crippen LogP contribution >= 0.6 is 11.3 Å². The van der Waals surface area contributed by atoms with Gasteiger partial charge in [0.05, 0.1) is 17.3 Å². The molecule has 2 aromatic heterocycles. The predicted molar refractivity (Wildman–Crippen MR) is 111 cm³/mol. The zero-order valence-electron chi connectivity index (χ0n) is 15.8. The number of aryl methyl sites for hydroxylation is 1. The Kier molecular flexibility index (Phi) is 7.04. The monoisotopic (exact) mass is 382 g/mol. The predicted octanol–water partition coefficient (Wildman–Crippen LogP) is 4.13. The maximum absolute atomic E-state index is 5.40. The van der Waals surface area contributed by atoms with Gasteiger partial charge in [0.15, 0.2) is 5.96 Å². The molecule has 1 unspecified atom stereocenters. The Morgan fingerprint density at radius 1 is 1.19 bits per heavy atom. The number of aromatic nitrogens is 1. The summed E-state index contributed by atoms with van der Waals surface area (Å²) in [5, 5.41) is 8.04. The molecule has 3 aromatic rings. The summed E-state index contributed by atoms with van der Waals surface area (Å²) >= 11 is 1.73. The highest BCUT2D eigenvalue weighted by Gasteiger charge is 2.08. The summed E-state index contributed by atoms with van der Waals surface area (Å²) < 4.78 is 5.40. The molecule has 1 atom stereocenters. The Balaban J connectivity index is 1.58. The van der Waals surface area contributed by atoms with Gasteiger partial charge in [0.2, 0.25) is 0 Å². The first-order valence-corrected chi connectivity index (χ1v) is 10.1. The molecule has 27 heavy (non-hydrogen) atoms. The van der Waals surface area contributed by atoms with E-state index >= 15 is 0 Å². The molecule has 0 saturated carbocycles. The number of rotatable bonds is 8. The highest BCUT2D eigenvalue weighted by Crippen LogP contribution is 2.12. The molecule has 2 N–H and O–H groups in total. The molecule has 142 valence electrons. The summed E-state index contributed by atoms with van der Waals surface area (Å²) in [5.41, 5.74) is 1.23. The minimum absolute atomic E-state index is 0.170. The van der Waals surface area contributed by atoms with E-state index in [2.05, 4.69) is 53.7 Å². The van der Waals surface area contributed by atoms with E-state index in [1.165, 1.54) is 10.4 Å². The Labute approximate surface area is 164 Å². The first-order chi connectivity index (χ1) is 13.2. The highest BCUT2D eigenvalue weighted by molar-refractivity contribution is 7.11. The van der Waals surface area contributed by atoms with Gasteiger partial charge in [-0.15, -0.1) is 11.3 Å². The van der Waals surface area contributed by atoms with Crippen LogP contribution in [0.15, 0.2) is 64.3 Å². The lowest BCUT2D eigenvalue weighted by molar-refractivity contribution is 0.506. The second kappa shape index (κ2) is 9.92. The first-order valence-electron chi connectivity index (χ1n) is 9.24. The van der Waals surface area contributed by atoms with Gasteiger partial charge in [0, 0.05) is 37.0 Å². The van der Waals surface area contributed by atoms with Crippen LogP contribution in [0, 0.1) is 6.92 Å². The van der Waals surface area contributed by atoms with E-state index in [1.54, 1.807) is 17.6 Å². The number of guanidine groups is 1. The third-order valence-corrected chi connectivity index (χ3v) is 5.13. The molecule has 0 spiro atoms. The molecular formula is C21H26N4OS. The SMILES string of the molecule is Cc1cnc(CCN=C(NCCc2ccco2)NC(C)c2ccccc2)s1. The maximum atomic E-state index is 5.40. The van der Waals surface area contributed by atoms with E-state index in [1.807, 2.05) is 24.4 Å². The van der Waals surface area contributed by atoms with E-state index in [4.69, 9.17) is 9.41 Å². The molecule has 0 aliphatic carbocycles. The van der Waals surface area contributed by atoms with E-state index in [9.17, 15) is 0 Å². The molecule has 6 heteroatoms. The lowest BCUT2D eigenvalue weighted by Gasteiger charge is -2.18. The van der Waals surface area contributed by atoms with Crippen molar-refractivity contribution in [3.63, 3.8) is 0 Å². The summed E-state index contributed by atoms with van der Waals surface area (Å²) in [7, 11) is 0. The normalized spacial score (nSPS) is 12.7. The van der Waals surface area contributed by atoms with Crippen molar-refractivity contribution in [3.05, 3.63) is 76.1 Å². The number of thiazole rings is 1. The van der Waals surface area contributed by atoms with Crippen molar-refractivity contribution in [2.45, 2.75) is 32.7 Å². The fourth-order valence-electron chi connectivity index (χ4n) is 2.72. The number of nitrogens with zero attached hydrogens (tertiary/aromatic N) is 2. The van der Waals surface area contributed by atoms with Crippen LogP contribution in [0.25, 0.3) is 0 Å². The molecule has 2 heterocycles. The van der Waals surface area contributed by atoms with Gasteiger partial charge in [-0.25, -0.2) is 4.98 Å². The third-order valence-electron chi connectivity index (χ3n) is 4.16. The Morgan fingerprint density at radius 3 is 2.74 bits per heavy atom. The van der Waals surface area contributed by atoms with Crippen LogP contribution < -0.4 is 10.6 Å². The lowest BCUT2D eigenvalue weighted by Crippen LogP contribution is -2.40. The summed E-state index contributed by atoms with van der Waals surface area (Å²) in [5.74, 6) is 1.78. The number of furan rings is 1. The van der Waals surface area contributed by atoms with Crippen LogP contribution in [0.2, 0.25) is 0 Å². The zero-order chi connectivity index (χ0) is 18.9. The Bertz CT molecular complexity index is 827. The van der Waals surface area contributed by atoms with E-state index < -0.39 is 0 Å². The number of aliphatic imine (C=N–C) groups is 1. The maximum Gasteiger partial charge on any atom is 0.191 e. The molecule has 3 rings (SSSR count). The van der Waals surface area contributed by atoms with Crippen molar-refractivity contribution in [1.82, 2.24) is 15.6 Å². The van der Waals surface area contributed by atoms with Gasteiger partial charge in [-0.2, -0.15) is 0 Å². The van der Waals surface area contributed by atoms with Gasteiger partial charge in [0.1, 0.15) is 5.76 Å². The van der Waals surface area contributed by atoms with Gasteiger partial charge >= 0.3 is 0 Å². The minimum Gasteiger partial charge on any atom is -0.469 e. The standard InChI is InChI=1S/C21H26N4OS/c1-16-15-24-20(27-16)11-13-23-21(22-12-10-19-9-6-14-26-19)25-17(2)18-7-4-3-5-8-18/h3-9,14-15,17H,10-13H2,1-2H3,(H2,22,23,25). The molecule has 0 amide bonds. The van der Waals surface area contributed by atoms with Crippen molar-refractivity contribution in [2.24, 2.45) is 4.99 Å². The van der Waals surface area contributed by atoms with Gasteiger partial charge in [0.25, 0.3) is 0 Å². The quantitative estimate of drug-likeness (QED) is 0.454. The number of hydrogen-bond donors (Lipinski definition) is 2. The van der Waals surface area contributed by atoms with Crippen molar-refractivity contribution >= 4 is 17.3 Å².